The Bertz CT molecular complexity index is 904. The van der Waals surface area contributed by atoms with E-state index in [2.05, 4.69) is 4.90 Å². The van der Waals surface area contributed by atoms with Crippen molar-refractivity contribution in [1.82, 2.24) is 19.6 Å². The molecule has 1 aliphatic carbocycles. The monoisotopic (exact) mass is 394 g/mol. The third-order valence-corrected chi connectivity index (χ3v) is 6.76. The molecule has 3 heterocycles. The zero-order valence-corrected chi connectivity index (χ0v) is 17.2. The number of rotatable bonds is 4. The van der Waals surface area contributed by atoms with Crippen LogP contribution in [0, 0.1) is 6.92 Å². The number of aromatic nitrogens is 2. The summed E-state index contributed by atoms with van der Waals surface area (Å²) in [4.78, 5) is 18.2. The fourth-order valence-electron chi connectivity index (χ4n) is 5.06. The van der Waals surface area contributed by atoms with Crippen LogP contribution in [-0.2, 0) is 0 Å². The highest BCUT2D eigenvalue weighted by Gasteiger charge is 2.37. The minimum Gasteiger partial charge on any atom is -0.508 e. The van der Waals surface area contributed by atoms with Crippen molar-refractivity contribution in [3.63, 3.8) is 0 Å². The van der Waals surface area contributed by atoms with Gasteiger partial charge in [0.05, 0.1) is 22.6 Å². The summed E-state index contributed by atoms with van der Waals surface area (Å²) in [5.74, 6) is 0.740. The molecular weight excluding hydrogens is 364 g/mol. The molecule has 0 spiro atoms. The van der Waals surface area contributed by atoms with Gasteiger partial charge in [-0.1, -0.05) is 6.07 Å². The summed E-state index contributed by atoms with van der Waals surface area (Å²) in [5, 5.41) is 14.6. The van der Waals surface area contributed by atoms with Crippen LogP contribution in [0.5, 0.6) is 5.75 Å². The number of likely N-dealkylation sites (tertiary alicyclic amines) is 2. The standard InChI is InChI=1S/C23H30N4O2/c1-16-21(23(29)26-13-9-18(10-14-26)25-11-2-3-12-25)22(17-7-8-17)27(24-16)19-5-4-6-20(28)15-19/h4-6,15,17-18,28H,2-3,7-14H2,1H3. The van der Waals surface area contributed by atoms with Crippen molar-refractivity contribution in [3.05, 3.63) is 41.2 Å². The van der Waals surface area contributed by atoms with Gasteiger partial charge < -0.3 is 14.9 Å². The van der Waals surface area contributed by atoms with Crippen LogP contribution in [0.3, 0.4) is 0 Å². The Morgan fingerprint density at radius 3 is 2.45 bits per heavy atom. The van der Waals surface area contributed by atoms with E-state index < -0.39 is 0 Å². The summed E-state index contributed by atoms with van der Waals surface area (Å²) in [6, 6.07) is 7.78. The third-order valence-electron chi connectivity index (χ3n) is 6.76. The van der Waals surface area contributed by atoms with E-state index in [0.29, 0.717) is 12.0 Å². The van der Waals surface area contributed by atoms with Crippen LogP contribution >= 0.6 is 0 Å². The van der Waals surface area contributed by atoms with Gasteiger partial charge in [0.1, 0.15) is 5.75 Å². The van der Waals surface area contributed by atoms with Crippen LogP contribution in [-0.4, -0.2) is 62.8 Å². The number of aromatic hydroxyl groups is 1. The van der Waals surface area contributed by atoms with Gasteiger partial charge in [-0.3, -0.25) is 4.79 Å². The van der Waals surface area contributed by atoms with Gasteiger partial charge in [0.25, 0.3) is 5.91 Å². The van der Waals surface area contributed by atoms with E-state index >= 15 is 0 Å². The molecule has 1 saturated carbocycles. The fourth-order valence-corrected chi connectivity index (χ4v) is 5.06. The lowest BCUT2D eigenvalue weighted by molar-refractivity contribution is 0.0642. The van der Waals surface area contributed by atoms with Gasteiger partial charge in [0, 0.05) is 31.1 Å². The molecule has 0 atom stereocenters. The van der Waals surface area contributed by atoms with Gasteiger partial charge in [-0.25, -0.2) is 4.68 Å². The number of phenolic OH excluding ortho intramolecular Hbond substituents is 1. The van der Waals surface area contributed by atoms with E-state index in [1.165, 1.54) is 25.9 Å². The first-order valence-electron chi connectivity index (χ1n) is 11.0. The van der Waals surface area contributed by atoms with E-state index in [0.717, 1.165) is 61.4 Å². The highest BCUT2D eigenvalue weighted by atomic mass is 16.3. The summed E-state index contributed by atoms with van der Waals surface area (Å²) >= 11 is 0. The normalized spacial score (nSPS) is 21.1. The zero-order chi connectivity index (χ0) is 20.0. The first-order valence-corrected chi connectivity index (χ1v) is 11.0. The van der Waals surface area contributed by atoms with Gasteiger partial charge in [0.15, 0.2) is 0 Å². The first kappa shape index (κ1) is 18.7. The predicted octanol–water partition coefficient (Wildman–Crippen LogP) is 3.46. The average Bonchev–Trinajstić information content (AvgIpc) is 3.30. The third kappa shape index (κ3) is 3.54. The van der Waals surface area contributed by atoms with Crippen LogP contribution in [0.1, 0.15) is 66.2 Å². The molecule has 29 heavy (non-hydrogen) atoms. The van der Waals surface area contributed by atoms with E-state index in [9.17, 15) is 9.90 Å². The van der Waals surface area contributed by atoms with Gasteiger partial charge >= 0.3 is 0 Å². The molecule has 0 unspecified atom stereocenters. The summed E-state index contributed by atoms with van der Waals surface area (Å²) in [6.45, 7) is 6.05. The second-order valence-electron chi connectivity index (χ2n) is 8.82. The molecule has 6 heteroatoms. The number of aryl methyl sites for hydroxylation is 1. The molecule has 2 aromatic rings. The number of piperidine rings is 1. The lowest BCUT2D eigenvalue weighted by Crippen LogP contribution is -2.46. The molecule has 3 fully saturated rings. The maximum Gasteiger partial charge on any atom is 0.257 e. The van der Waals surface area contributed by atoms with Crippen molar-refractivity contribution < 1.29 is 9.90 Å². The summed E-state index contributed by atoms with van der Waals surface area (Å²) in [6.07, 6.45) is 6.98. The lowest BCUT2D eigenvalue weighted by atomic mass is 10.0. The van der Waals surface area contributed by atoms with Crippen molar-refractivity contribution in [3.8, 4) is 11.4 Å². The number of nitrogens with zero attached hydrogens (tertiary/aromatic N) is 4. The molecule has 1 aromatic heterocycles. The van der Waals surface area contributed by atoms with E-state index in [1.54, 1.807) is 12.1 Å². The quantitative estimate of drug-likeness (QED) is 0.863. The predicted molar refractivity (Wildman–Crippen MR) is 112 cm³/mol. The Hall–Kier alpha value is -2.34. The number of amides is 1. The van der Waals surface area contributed by atoms with Crippen molar-refractivity contribution in [2.75, 3.05) is 26.2 Å². The number of hydrogen-bond donors (Lipinski definition) is 1. The number of carbonyl (C=O) groups excluding carboxylic acids is 1. The van der Waals surface area contributed by atoms with Crippen LogP contribution < -0.4 is 0 Å². The van der Waals surface area contributed by atoms with Crippen molar-refractivity contribution in [1.29, 1.82) is 0 Å². The average molecular weight is 395 g/mol. The molecule has 2 saturated heterocycles. The second-order valence-corrected chi connectivity index (χ2v) is 8.82. The highest BCUT2D eigenvalue weighted by Crippen LogP contribution is 2.44. The Morgan fingerprint density at radius 2 is 1.79 bits per heavy atom. The van der Waals surface area contributed by atoms with Gasteiger partial charge in [-0.2, -0.15) is 5.10 Å². The molecule has 5 rings (SSSR count). The molecule has 1 aromatic carbocycles. The number of carbonyl (C=O) groups is 1. The van der Waals surface area contributed by atoms with E-state index in [1.807, 2.05) is 28.6 Å². The molecule has 2 aliphatic heterocycles. The largest absolute Gasteiger partial charge is 0.508 e. The Kier molecular flexibility index (Phi) is 4.82. The molecule has 154 valence electrons. The summed E-state index contributed by atoms with van der Waals surface area (Å²) < 4.78 is 1.89. The maximum absolute atomic E-state index is 13.5. The number of hydrogen-bond acceptors (Lipinski definition) is 4. The number of phenols is 1. The van der Waals surface area contributed by atoms with Gasteiger partial charge in [-0.05, 0) is 70.7 Å². The van der Waals surface area contributed by atoms with E-state index in [-0.39, 0.29) is 11.7 Å². The second kappa shape index (κ2) is 7.48. The van der Waals surface area contributed by atoms with Gasteiger partial charge in [0.2, 0.25) is 0 Å². The topological polar surface area (TPSA) is 61.6 Å². The lowest BCUT2D eigenvalue weighted by Gasteiger charge is -2.36. The minimum absolute atomic E-state index is 0.135. The fraction of sp³-hybridized carbons (Fsp3) is 0.565. The van der Waals surface area contributed by atoms with Crippen LogP contribution in [0.2, 0.25) is 0 Å². The summed E-state index contributed by atoms with van der Waals surface area (Å²) in [7, 11) is 0. The Balaban J connectivity index is 1.40. The van der Waals surface area contributed by atoms with Crippen molar-refractivity contribution in [2.24, 2.45) is 0 Å². The molecule has 0 bridgehead atoms. The molecule has 1 N–H and O–H groups in total. The molecule has 6 nitrogen and oxygen atoms in total. The zero-order valence-electron chi connectivity index (χ0n) is 17.2. The first-order chi connectivity index (χ1) is 14.1. The van der Waals surface area contributed by atoms with Crippen LogP contribution in [0.25, 0.3) is 5.69 Å². The molecule has 1 amide bonds. The number of benzene rings is 1. The Morgan fingerprint density at radius 1 is 1.07 bits per heavy atom. The molecule has 0 radical (unpaired) electrons. The molecule has 3 aliphatic rings. The maximum atomic E-state index is 13.5. The van der Waals surface area contributed by atoms with Crippen molar-refractivity contribution in [2.45, 2.75) is 57.4 Å². The van der Waals surface area contributed by atoms with Crippen LogP contribution in [0.4, 0.5) is 0 Å². The van der Waals surface area contributed by atoms with Gasteiger partial charge in [-0.15, -0.1) is 0 Å². The summed E-state index contributed by atoms with van der Waals surface area (Å²) in [5.41, 5.74) is 3.43. The smallest absolute Gasteiger partial charge is 0.257 e. The van der Waals surface area contributed by atoms with Crippen molar-refractivity contribution >= 4 is 5.91 Å². The highest BCUT2D eigenvalue weighted by molar-refractivity contribution is 5.97. The van der Waals surface area contributed by atoms with Crippen LogP contribution in [0.15, 0.2) is 24.3 Å². The SMILES string of the molecule is Cc1nn(-c2cccc(O)c2)c(C2CC2)c1C(=O)N1CCC(N2CCCC2)CC1. The Labute approximate surface area is 172 Å². The van der Waals surface area contributed by atoms with E-state index in [4.69, 9.17) is 5.10 Å². The minimum atomic E-state index is 0.135. The molecular formula is C23H30N4O2.